The summed E-state index contributed by atoms with van der Waals surface area (Å²) in [6.45, 7) is 4.70. The van der Waals surface area contributed by atoms with Gasteiger partial charge in [0, 0.05) is 62.9 Å². The van der Waals surface area contributed by atoms with Gasteiger partial charge in [0.15, 0.2) is 11.6 Å². The molecular weight excluding hydrogens is 490 g/mol. The van der Waals surface area contributed by atoms with Crippen LogP contribution in [0.3, 0.4) is 0 Å². The summed E-state index contributed by atoms with van der Waals surface area (Å²) < 4.78 is 7.21. The minimum absolute atomic E-state index is 0.0221. The van der Waals surface area contributed by atoms with E-state index in [4.69, 9.17) is 4.74 Å². The zero-order chi connectivity index (χ0) is 26.6. The standard InChI is InChI=1S/C30H33N7O2/c1-39-26-11-9-25(10-12-26)34-18-20-35(21-19-34)30(38)24-8-5-16-36(22-24)27-13-14-28(33-32-27)37-17-15-31-29(37)23-6-3-2-4-7-23/h2-4,6-7,9-15,17,24H,5,8,16,18-22H2,1H3. The van der Waals surface area contributed by atoms with E-state index in [0.29, 0.717) is 6.54 Å². The predicted molar refractivity (Wildman–Crippen MR) is 151 cm³/mol. The van der Waals surface area contributed by atoms with Gasteiger partial charge in [-0.3, -0.25) is 9.36 Å². The Kier molecular flexibility index (Phi) is 7.12. The van der Waals surface area contributed by atoms with Crippen LogP contribution in [0.4, 0.5) is 11.5 Å². The molecule has 0 spiro atoms. The highest BCUT2D eigenvalue weighted by Crippen LogP contribution is 2.26. The average molecular weight is 524 g/mol. The Bertz CT molecular complexity index is 1380. The molecule has 2 aromatic carbocycles. The molecule has 9 nitrogen and oxygen atoms in total. The van der Waals surface area contributed by atoms with E-state index >= 15 is 0 Å². The number of rotatable bonds is 6. The van der Waals surface area contributed by atoms with Crippen LogP contribution in [0.25, 0.3) is 17.2 Å². The summed E-state index contributed by atoms with van der Waals surface area (Å²) in [5.74, 6) is 3.44. The number of imidazole rings is 1. The largest absolute Gasteiger partial charge is 0.497 e. The van der Waals surface area contributed by atoms with Crippen LogP contribution in [0.5, 0.6) is 5.75 Å². The van der Waals surface area contributed by atoms with Crippen LogP contribution >= 0.6 is 0 Å². The van der Waals surface area contributed by atoms with Crippen molar-refractivity contribution in [3.63, 3.8) is 0 Å². The minimum Gasteiger partial charge on any atom is -0.497 e. The van der Waals surface area contributed by atoms with E-state index in [2.05, 4.69) is 37.1 Å². The summed E-state index contributed by atoms with van der Waals surface area (Å²) in [5, 5.41) is 9.05. The van der Waals surface area contributed by atoms with Crippen LogP contribution in [0.1, 0.15) is 12.8 Å². The fraction of sp³-hybridized carbons (Fsp3) is 0.333. The summed E-state index contributed by atoms with van der Waals surface area (Å²) in [6.07, 6.45) is 5.55. The number of carbonyl (C=O) groups is 1. The zero-order valence-corrected chi connectivity index (χ0v) is 22.2. The number of amides is 1. The molecular formula is C30H33N7O2. The molecule has 2 fully saturated rings. The van der Waals surface area contributed by atoms with Gasteiger partial charge in [-0.25, -0.2) is 4.98 Å². The van der Waals surface area contributed by atoms with E-state index in [1.54, 1.807) is 13.3 Å². The molecule has 2 aromatic heterocycles. The van der Waals surface area contributed by atoms with Crippen molar-refractivity contribution in [2.75, 3.05) is 56.2 Å². The molecule has 2 saturated heterocycles. The molecule has 4 heterocycles. The molecule has 4 aromatic rings. The van der Waals surface area contributed by atoms with Crippen molar-refractivity contribution in [1.29, 1.82) is 0 Å². The average Bonchev–Trinajstić information content (AvgIpc) is 3.52. The van der Waals surface area contributed by atoms with Gasteiger partial charge in [-0.1, -0.05) is 30.3 Å². The lowest BCUT2D eigenvalue weighted by Crippen LogP contribution is -2.52. The highest BCUT2D eigenvalue weighted by atomic mass is 16.5. The van der Waals surface area contributed by atoms with Gasteiger partial charge >= 0.3 is 0 Å². The lowest BCUT2D eigenvalue weighted by atomic mass is 9.96. The van der Waals surface area contributed by atoms with Gasteiger partial charge in [-0.15, -0.1) is 10.2 Å². The zero-order valence-electron chi connectivity index (χ0n) is 22.2. The van der Waals surface area contributed by atoms with Gasteiger partial charge in [0.05, 0.1) is 13.0 Å². The lowest BCUT2D eigenvalue weighted by Gasteiger charge is -2.40. The van der Waals surface area contributed by atoms with E-state index in [1.165, 1.54) is 5.69 Å². The molecule has 2 aliphatic rings. The topological polar surface area (TPSA) is 79.6 Å². The number of ether oxygens (including phenoxy) is 1. The molecule has 0 radical (unpaired) electrons. The van der Waals surface area contributed by atoms with E-state index in [9.17, 15) is 4.79 Å². The molecule has 0 bridgehead atoms. The Morgan fingerprint density at radius 3 is 2.31 bits per heavy atom. The Labute approximate surface area is 228 Å². The van der Waals surface area contributed by atoms with Crippen molar-refractivity contribution in [2.45, 2.75) is 12.8 Å². The smallest absolute Gasteiger partial charge is 0.227 e. The van der Waals surface area contributed by atoms with Crippen LogP contribution in [0, 0.1) is 5.92 Å². The Morgan fingerprint density at radius 1 is 0.846 bits per heavy atom. The normalized spacial score (nSPS) is 17.8. The predicted octanol–water partition coefficient (Wildman–Crippen LogP) is 3.90. The third-order valence-corrected chi connectivity index (χ3v) is 7.68. The first kappa shape index (κ1) is 24.9. The van der Waals surface area contributed by atoms with Crippen LogP contribution in [-0.4, -0.2) is 76.9 Å². The summed E-state index contributed by atoms with van der Waals surface area (Å²) in [4.78, 5) is 24.5. The van der Waals surface area contributed by atoms with Crippen molar-refractivity contribution < 1.29 is 9.53 Å². The third-order valence-electron chi connectivity index (χ3n) is 7.68. The van der Waals surface area contributed by atoms with E-state index in [-0.39, 0.29) is 11.8 Å². The van der Waals surface area contributed by atoms with E-state index in [0.717, 1.165) is 74.3 Å². The maximum atomic E-state index is 13.5. The first-order chi connectivity index (χ1) is 19.2. The molecule has 0 N–H and O–H groups in total. The molecule has 0 saturated carbocycles. The molecule has 2 aliphatic heterocycles. The van der Waals surface area contributed by atoms with Gasteiger partial charge in [0.25, 0.3) is 0 Å². The highest BCUT2D eigenvalue weighted by molar-refractivity contribution is 5.80. The van der Waals surface area contributed by atoms with Crippen molar-refractivity contribution in [2.24, 2.45) is 5.92 Å². The number of piperidine rings is 1. The second kappa shape index (κ2) is 11.1. The van der Waals surface area contributed by atoms with Gasteiger partial charge in [0.2, 0.25) is 5.91 Å². The van der Waals surface area contributed by atoms with Crippen molar-refractivity contribution in [3.05, 3.63) is 79.1 Å². The number of piperazine rings is 1. The monoisotopic (exact) mass is 523 g/mol. The second-order valence-corrected chi connectivity index (χ2v) is 10.0. The molecule has 1 amide bonds. The fourth-order valence-electron chi connectivity index (χ4n) is 5.53. The molecule has 39 heavy (non-hydrogen) atoms. The van der Waals surface area contributed by atoms with Crippen molar-refractivity contribution >= 4 is 17.4 Å². The number of methoxy groups -OCH3 is 1. The Balaban J connectivity index is 1.07. The number of nitrogens with zero attached hydrogens (tertiary/aromatic N) is 7. The van der Waals surface area contributed by atoms with Gasteiger partial charge in [-0.05, 0) is 49.2 Å². The molecule has 6 rings (SSSR count). The quantitative estimate of drug-likeness (QED) is 0.379. The van der Waals surface area contributed by atoms with Gasteiger partial charge < -0.3 is 19.4 Å². The van der Waals surface area contributed by atoms with Crippen molar-refractivity contribution in [3.8, 4) is 23.0 Å². The first-order valence-corrected chi connectivity index (χ1v) is 13.6. The molecule has 1 atom stereocenters. The maximum absolute atomic E-state index is 13.5. The fourth-order valence-corrected chi connectivity index (χ4v) is 5.53. The maximum Gasteiger partial charge on any atom is 0.227 e. The van der Waals surface area contributed by atoms with Gasteiger partial charge in [0.1, 0.15) is 11.6 Å². The third kappa shape index (κ3) is 5.30. The van der Waals surface area contributed by atoms with Crippen LogP contribution in [0.15, 0.2) is 79.1 Å². The summed E-state index contributed by atoms with van der Waals surface area (Å²) in [6, 6.07) is 22.1. The number of aromatic nitrogens is 4. The first-order valence-electron chi connectivity index (χ1n) is 13.6. The highest BCUT2D eigenvalue weighted by Gasteiger charge is 2.31. The summed E-state index contributed by atoms with van der Waals surface area (Å²) >= 11 is 0. The Hall–Kier alpha value is -4.40. The molecule has 200 valence electrons. The SMILES string of the molecule is COc1ccc(N2CCN(C(=O)C3CCCN(c4ccc(-n5ccnc5-c5ccccc5)nn4)C3)CC2)cc1. The number of hydrogen-bond donors (Lipinski definition) is 0. The molecule has 0 aliphatic carbocycles. The number of hydrogen-bond acceptors (Lipinski definition) is 7. The van der Waals surface area contributed by atoms with Crippen molar-refractivity contribution in [1.82, 2.24) is 24.6 Å². The Morgan fingerprint density at radius 2 is 1.59 bits per heavy atom. The summed E-state index contributed by atoms with van der Waals surface area (Å²) in [5.41, 5.74) is 2.19. The van der Waals surface area contributed by atoms with Crippen LogP contribution in [-0.2, 0) is 4.79 Å². The molecule has 9 heteroatoms. The van der Waals surface area contributed by atoms with Crippen LogP contribution in [0.2, 0.25) is 0 Å². The lowest BCUT2D eigenvalue weighted by molar-refractivity contribution is -0.136. The summed E-state index contributed by atoms with van der Waals surface area (Å²) in [7, 11) is 1.68. The van der Waals surface area contributed by atoms with E-state index < -0.39 is 0 Å². The second-order valence-electron chi connectivity index (χ2n) is 10.0. The number of anilines is 2. The number of carbonyl (C=O) groups excluding carboxylic acids is 1. The van der Waals surface area contributed by atoms with Gasteiger partial charge in [-0.2, -0.15) is 0 Å². The molecule has 1 unspecified atom stereocenters. The van der Waals surface area contributed by atoms with Crippen LogP contribution < -0.4 is 14.5 Å². The number of benzene rings is 2. The van der Waals surface area contributed by atoms with E-state index in [1.807, 2.05) is 70.3 Å². The minimum atomic E-state index is -0.0221.